The first kappa shape index (κ1) is 14.0. The molecule has 1 aliphatic heterocycles. The second kappa shape index (κ2) is 5.72. The number of rotatable bonds is 5. The molecule has 0 aliphatic carbocycles. The summed E-state index contributed by atoms with van der Waals surface area (Å²) in [5, 5.41) is 12.2. The number of hydrogen-bond acceptors (Lipinski definition) is 3. The summed E-state index contributed by atoms with van der Waals surface area (Å²) in [4.78, 5) is 12.0. The van der Waals surface area contributed by atoms with Crippen molar-refractivity contribution < 1.29 is 14.6 Å². The van der Waals surface area contributed by atoms with E-state index in [1.807, 2.05) is 0 Å². The maximum absolute atomic E-state index is 12.0. The van der Waals surface area contributed by atoms with E-state index in [0.717, 1.165) is 6.42 Å². The fourth-order valence-corrected chi connectivity index (χ4v) is 2.21. The van der Waals surface area contributed by atoms with Crippen molar-refractivity contribution in [1.82, 2.24) is 5.32 Å². The number of carbonyl (C=O) groups excluding carboxylic acids is 1. The van der Waals surface area contributed by atoms with Gasteiger partial charge in [-0.3, -0.25) is 4.79 Å². The van der Waals surface area contributed by atoms with Crippen LogP contribution in [0.2, 0.25) is 0 Å². The Morgan fingerprint density at radius 1 is 1.42 bits per heavy atom. The van der Waals surface area contributed by atoms with Gasteiger partial charge in [-0.1, -0.05) is 23.8 Å². The zero-order valence-electron chi connectivity index (χ0n) is 11.5. The van der Waals surface area contributed by atoms with Gasteiger partial charge in [0.25, 0.3) is 0 Å². The number of aliphatic hydroxyl groups is 1. The summed E-state index contributed by atoms with van der Waals surface area (Å²) < 4.78 is 5.03. The molecule has 19 heavy (non-hydrogen) atoms. The standard InChI is InChI=1S/C15H21NO3/c1-11-3-4-12(2)13(7-11)5-6-16-14(18)15(8-17)9-19-10-15/h3-4,7,17H,5-6,8-10H2,1-2H3,(H,16,18). The molecule has 1 aromatic rings. The van der Waals surface area contributed by atoms with Crippen LogP contribution in [0.3, 0.4) is 0 Å². The van der Waals surface area contributed by atoms with Gasteiger partial charge in [0.05, 0.1) is 19.8 Å². The fourth-order valence-electron chi connectivity index (χ4n) is 2.21. The van der Waals surface area contributed by atoms with Crippen LogP contribution in [0.25, 0.3) is 0 Å². The van der Waals surface area contributed by atoms with E-state index in [4.69, 9.17) is 4.74 Å². The number of nitrogens with one attached hydrogen (secondary N) is 1. The van der Waals surface area contributed by atoms with Crippen molar-refractivity contribution in [3.8, 4) is 0 Å². The van der Waals surface area contributed by atoms with E-state index >= 15 is 0 Å². The summed E-state index contributed by atoms with van der Waals surface area (Å²) in [5.41, 5.74) is 3.01. The van der Waals surface area contributed by atoms with Gasteiger partial charge in [-0.2, -0.15) is 0 Å². The Morgan fingerprint density at radius 2 is 2.16 bits per heavy atom. The Hall–Kier alpha value is -1.39. The van der Waals surface area contributed by atoms with Crippen molar-refractivity contribution >= 4 is 5.91 Å². The minimum Gasteiger partial charge on any atom is -0.395 e. The lowest BCUT2D eigenvalue weighted by atomic mass is 9.86. The molecule has 4 nitrogen and oxygen atoms in total. The number of benzene rings is 1. The van der Waals surface area contributed by atoms with Crippen molar-refractivity contribution in [3.05, 3.63) is 34.9 Å². The van der Waals surface area contributed by atoms with Crippen molar-refractivity contribution in [2.45, 2.75) is 20.3 Å². The zero-order valence-corrected chi connectivity index (χ0v) is 11.5. The van der Waals surface area contributed by atoms with E-state index in [2.05, 4.69) is 37.4 Å². The van der Waals surface area contributed by atoms with Gasteiger partial charge in [0.2, 0.25) is 5.91 Å². The van der Waals surface area contributed by atoms with Crippen LogP contribution in [0.1, 0.15) is 16.7 Å². The third-order valence-corrected chi connectivity index (χ3v) is 3.73. The third-order valence-electron chi connectivity index (χ3n) is 3.73. The van der Waals surface area contributed by atoms with Gasteiger partial charge in [-0.25, -0.2) is 0 Å². The number of carbonyl (C=O) groups is 1. The van der Waals surface area contributed by atoms with Crippen molar-refractivity contribution in [2.24, 2.45) is 5.41 Å². The third kappa shape index (κ3) is 2.96. The number of hydrogen-bond donors (Lipinski definition) is 2. The molecule has 1 aliphatic rings. The summed E-state index contributed by atoms with van der Waals surface area (Å²) in [6.07, 6.45) is 0.807. The lowest BCUT2D eigenvalue weighted by Gasteiger charge is -2.38. The average Bonchev–Trinajstić information content (AvgIpc) is 2.33. The quantitative estimate of drug-likeness (QED) is 0.832. The van der Waals surface area contributed by atoms with Gasteiger partial charge >= 0.3 is 0 Å². The summed E-state index contributed by atoms with van der Waals surface area (Å²) >= 11 is 0. The molecule has 0 bridgehead atoms. The molecule has 1 amide bonds. The van der Waals surface area contributed by atoms with E-state index in [9.17, 15) is 9.90 Å². The predicted molar refractivity (Wildman–Crippen MR) is 73.0 cm³/mol. The van der Waals surface area contributed by atoms with Gasteiger partial charge in [0.1, 0.15) is 5.41 Å². The smallest absolute Gasteiger partial charge is 0.233 e. The fraction of sp³-hybridized carbons (Fsp3) is 0.533. The van der Waals surface area contributed by atoms with E-state index < -0.39 is 5.41 Å². The summed E-state index contributed by atoms with van der Waals surface area (Å²) in [7, 11) is 0. The second-order valence-electron chi connectivity index (χ2n) is 5.37. The topological polar surface area (TPSA) is 58.6 Å². The van der Waals surface area contributed by atoms with Gasteiger partial charge < -0.3 is 15.2 Å². The highest BCUT2D eigenvalue weighted by Gasteiger charge is 2.45. The van der Waals surface area contributed by atoms with Gasteiger partial charge in [-0.05, 0) is 31.4 Å². The van der Waals surface area contributed by atoms with E-state index in [1.165, 1.54) is 16.7 Å². The van der Waals surface area contributed by atoms with Gasteiger partial charge in [0.15, 0.2) is 0 Å². The lowest BCUT2D eigenvalue weighted by Crippen LogP contribution is -2.56. The van der Waals surface area contributed by atoms with Crippen molar-refractivity contribution in [1.29, 1.82) is 0 Å². The Balaban J connectivity index is 1.86. The van der Waals surface area contributed by atoms with Gasteiger partial charge in [-0.15, -0.1) is 0 Å². The van der Waals surface area contributed by atoms with Crippen molar-refractivity contribution in [2.75, 3.05) is 26.4 Å². The summed E-state index contributed by atoms with van der Waals surface area (Å²) in [6, 6.07) is 6.33. The maximum atomic E-state index is 12.0. The summed E-state index contributed by atoms with van der Waals surface area (Å²) in [5.74, 6) is -0.105. The van der Waals surface area contributed by atoms with Crippen LogP contribution < -0.4 is 5.32 Å². The van der Waals surface area contributed by atoms with E-state index in [-0.39, 0.29) is 12.5 Å². The molecule has 0 radical (unpaired) electrons. The largest absolute Gasteiger partial charge is 0.395 e. The number of ether oxygens (including phenoxy) is 1. The molecule has 1 saturated heterocycles. The minimum atomic E-state index is -0.707. The highest BCUT2D eigenvalue weighted by Crippen LogP contribution is 2.26. The SMILES string of the molecule is Cc1ccc(C)c(CCNC(=O)C2(CO)COC2)c1. The second-order valence-corrected chi connectivity index (χ2v) is 5.37. The molecule has 0 aromatic heterocycles. The number of aliphatic hydroxyl groups excluding tert-OH is 1. The zero-order chi connectivity index (χ0) is 13.9. The molecule has 1 aromatic carbocycles. The van der Waals surface area contributed by atoms with Crippen LogP contribution >= 0.6 is 0 Å². The highest BCUT2D eigenvalue weighted by molar-refractivity contribution is 5.83. The van der Waals surface area contributed by atoms with Crippen molar-refractivity contribution in [3.63, 3.8) is 0 Å². The highest BCUT2D eigenvalue weighted by atomic mass is 16.5. The molecule has 4 heteroatoms. The first-order chi connectivity index (χ1) is 9.07. The molecule has 1 fully saturated rings. The molecule has 2 N–H and O–H groups in total. The maximum Gasteiger partial charge on any atom is 0.233 e. The number of amides is 1. The molecule has 1 heterocycles. The number of aryl methyl sites for hydroxylation is 2. The normalized spacial score (nSPS) is 16.8. The predicted octanol–water partition coefficient (Wildman–Crippen LogP) is 0.971. The van der Waals surface area contributed by atoms with Crippen LogP contribution in [0.4, 0.5) is 0 Å². The molecule has 0 atom stereocenters. The van der Waals surface area contributed by atoms with Gasteiger partial charge in [0, 0.05) is 6.54 Å². The van der Waals surface area contributed by atoms with Crippen LogP contribution in [-0.2, 0) is 16.0 Å². The Bertz CT molecular complexity index is 461. The Kier molecular flexibility index (Phi) is 4.22. The average molecular weight is 263 g/mol. The lowest BCUT2D eigenvalue weighted by molar-refractivity contribution is -0.169. The summed E-state index contributed by atoms with van der Waals surface area (Å²) in [6.45, 7) is 5.21. The Labute approximate surface area is 113 Å². The van der Waals surface area contributed by atoms with Crippen LogP contribution in [-0.4, -0.2) is 37.4 Å². The molecular formula is C15H21NO3. The first-order valence-electron chi connectivity index (χ1n) is 6.60. The van der Waals surface area contributed by atoms with E-state index in [0.29, 0.717) is 19.8 Å². The first-order valence-corrected chi connectivity index (χ1v) is 6.60. The Morgan fingerprint density at radius 3 is 2.74 bits per heavy atom. The van der Waals surface area contributed by atoms with Crippen LogP contribution in [0.5, 0.6) is 0 Å². The van der Waals surface area contributed by atoms with Crippen LogP contribution in [0.15, 0.2) is 18.2 Å². The van der Waals surface area contributed by atoms with Crippen LogP contribution in [0, 0.1) is 19.3 Å². The molecule has 0 saturated carbocycles. The molecule has 2 rings (SSSR count). The molecular weight excluding hydrogens is 242 g/mol. The minimum absolute atomic E-state index is 0.105. The molecule has 104 valence electrons. The molecule has 0 unspecified atom stereocenters. The monoisotopic (exact) mass is 263 g/mol. The molecule has 0 spiro atoms. The van der Waals surface area contributed by atoms with E-state index in [1.54, 1.807) is 0 Å².